The van der Waals surface area contributed by atoms with Crippen molar-refractivity contribution in [2.24, 2.45) is 0 Å². The molecular formula is C16H21N3O4. The number of methoxy groups -OCH3 is 1. The van der Waals surface area contributed by atoms with Gasteiger partial charge in [-0.15, -0.1) is 0 Å². The van der Waals surface area contributed by atoms with Crippen molar-refractivity contribution in [2.45, 2.75) is 31.8 Å². The summed E-state index contributed by atoms with van der Waals surface area (Å²) >= 11 is 0. The fourth-order valence-corrected chi connectivity index (χ4v) is 2.54. The largest absolute Gasteiger partial charge is 0.467 e. The van der Waals surface area contributed by atoms with Crippen LogP contribution in [0, 0.1) is 0 Å². The lowest BCUT2D eigenvalue weighted by atomic mass is 10.2. The van der Waals surface area contributed by atoms with E-state index in [0.29, 0.717) is 18.7 Å². The van der Waals surface area contributed by atoms with E-state index in [9.17, 15) is 14.4 Å². The number of nitrogens with one attached hydrogen (secondary N) is 2. The van der Waals surface area contributed by atoms with Gasteiger partial charge in [-0.2, -0.15) is 0 Å². The maximum Gasteiger partial charge on any atom is 0.328 e. The number of amides is 3. The molecule has 0 bridgehead atoms. The van der Waals surface area contributed by atoms with Crippen LogP contribution in [0.1, 0.15) is 19.8 Å². The highest BCUT2D eigenvalue weighted by Crippen LogP contribution is 2.19. The van der Waals surface area contributed by atoms with E-state index in [1.54, 1.807) is 19.1 Å². The monoisotopic (exact) mass is 319 g/mol. The molecule has 0 aliphatic carbocycles. The van der Waals surface area contributed by atoms with E-state index in [4.69, 9.17) is 0 Å². The number of carbonyl (C=O) groups excluding carboxylic acids is 3. The first-order valence-electron chi connectivity index (χ1n) is 7.54. The number of esters is 1. The van der Waals surface area contributed by atoms with E-state index in [-0.39, 0.29) is 11.9 Å². The van der Waals surface area contributed by atoms with Crippen LogP contribution in [0.4, 0.5) is 10.5 Å². The molecule has 1 saturated heterocycles. The first kappa shape index (κ1) is 16.8. The number of benzene rings is 1. The molecule has 1 aromatic carbocycles. The summed E-state index contributed by atoms with van der Waals surface area (Å²) < 4.78 is 4.58. The summed E-state index contributed by atoms with van der Waals surface area (Å²) in [5.74, 6) is -0.861. The molecule has 1 fully saturated rings. The Morgan fingerprint density at radius 2 is 1.96 bits per heavy atom. The number of anilines is 1. The van der Waals surface area contributed by atoms with Gasteiger partial charge in [0.25, 0.3) is 0 Å². The number of nitrogens with zero attached hydrogens (tertiary/aromatic N) is 1. The highest BCUT2D eigenvalue weighted by molar-refractivity contribution is 5.95. The predicted molar refractivity (Wildman–Crippen MR) is 84.8 cm³/mol. The standard InChI is InChI=1S/C16H21N3O4/c1-11(15(21)23-2)17-14(20)13-9-6-10-19(13)16(22)18-12-7-4-3-5-8-12/h3-5,7-8,11,13H,6,9-10H2,1-2H3,(H,17,20)(H,18,22)/t11-,13-/m0/s1. The van der Waals surface area contributed by atoms with Gasteiger partial charge in [-0.05, 0) is 31.9 Å². The van der Waals surface area contributed by atoms with Gasteiger partial charge < -0.3 is 20.3 Å². The second kappa shape index (κ2) is 7.62. The van der Waals surface area contributed by atoms with Crippen LogP contribution in [0.25, 0.3) is 0 Å². The Balaban J connectivity index is 1.97. The van der Waals surface area contributed by atoms with Crippen molar-refractivity contribution in [1.29, 1.82) is 0 Å². The van der Waals surface area contributed by atoms with Crippen LogP contribution in [0.2, 0.25) is 0 Å². The smallest absolute Gasteiger partial charge is 0.328 e. The Morgan fingerprint density at radius 3 is 2.61 bits per heavy atom. The zero-order valence-corrected chi connectivity index (χ0v) is 13.2. The third kappa shape index (κ3) is 4.21. The highest BCUT2D eigenvalue weighted by Gasteiger charge is 2.35. The third-order valence-electron chi connectivity index (χ3n) is 3.75. The quantitative estimate of drug-likeness (QED) is 0.820. The van der Waals surface area contributed by atoms with E-state index in [2.05, 4.69) is 15.4 Å². The van der Waals surface area contributed by atoms with E-state index >= 15 is 0 Å². The molecule has 1 aliphatic rings. The van der Waals surface area contributed by atoms with Gasteiger partial charge >= 0.3 is 12.0 Å². The maximum absolute atomic E-state index is 12.3. The topological polar surface area (TPSA) is 87.7 Å². The van der Waals surface area contributed by atoms with E-state index in [1.807, 2.05) is 18.2 Å². The second-order valence-electron chi connectivity index (χ2n) is 5.40. The SMILES string of the molecule is COC(=O)[C@H](C)NC(=O)[C@@H]1CCCN1C(=O)Nc1ccccc1. The molecule has 1 heterocycles. The number of para-hydroxylation sites is 1. The molecule has 0 aromatic heterocycles. The number of likely N-dealkylation sites (tertiary alicyclic amines) is 1. The summed E-state index contributed by atoms with van der Waals surface area (Å²) in [5, 5.41) is 5.36. The first-order chi connectivity index (χ1) is 11.0. The molecule has 23 heavy (non-hydrogen) atoms. The van der Waals surface area contributed by atoms with Crippen LogP contribution >= 0.6 is 0 Å². The van der Waals surface area contributed by atoms with Crippen molar-refractivity contribution in [3.8, 4) is 0 Å². The van der Waals surface area contributed by atoms with E-state index in [0.717, 1.165) is 6.42 Å². The molecule has 0 saturated carbocycles. The summed E-state index contributed by atoms with van der Waals surface area (Å²) in [7, 11) is 1.26. The molecule has 7 heteroatoms. The van der Waals surface area contributed by atoms with Crippen LogP contribution < -0.4 is 10.6 Å². The second-order valence-corrected chi connectivity index (χ2v) is 5.40. The van der Waals surface area contributed by atoms with Gasteiger partial charge in [-0.3, -0.25) is 4.79 Å². The average molecular weight is 319 g/mol. The van der Waals surface area contributed by atoms with Crippen LogP contribution in [0.5, 0.6) is 0 Å². The maximum atomic E-state index is 12.3. The summed E-state index contributed by atoms with van der Waals surface area (Å²) in [6.07, 6.45) is 1.31. The molecule has 2 N–H and O–H groups in total. The highest BCUT2D eigenvalue weighted by atomic mass is 16.5. The van der Waals surface area contributed by atoms with Crippen LogP contribution in [0.3, 0.4) is 0 Å². The van der Waals surface area contributed by atoms with Crippen LogP contribution in [-0.2, 0) is 14.3 Å². The lowest BCUT2D eigenvalue weighted by Gasteiger charge is -2.25. The molecule has 7 nitrogen and oxygen atoms in total. The lowest BCUT2D eigenvalue weighted by Crippen LogP contribution is -2.51. The minimum Gasteiger partial charge on any atom is -0.467 e. The molecule has 2 rings (SSSR count). The van der Waals surface area contributed by atoms with Crippen LogP contribution in [0.15, 0.2) is 30.3 Å². The number of urea groups is 1. The fraction of sp³-hybridized carbons (Fsp3) is 0.438. The van der Waals surface area contributed by atoms with Gasteiger partial charge in [0.1, 0.15) is 12.1 Å². The Morgan fingerprint density at radius 1 is 1.26 bits per heavy atom. The van der Waals surface area contributed by atoms with Crippen molar-refractivity contribution < 1.29 is 19.1 Å². The minimum absolute atomic E-state index is 0.320. The molecule has 3 amide bonds. The van der Waals surface area contributed by atoms with Crippen molar-refractivity contribution in [3.63, 3.8) is 0 Å². The lowest BCUT2D eigenvalue weighted by molar-refractivity contribution is -0.144. The number of rotatable bonds is 4. The zero-order chi connectivity index (χ0) is 16.8. The fourth-order valence-electron chi connectivity index (χ4n) is 2.54. The third-order valence-corrected chi connectivity index (χ3v) is 3.75. The Kier molecular flexibility index (Phi) is 5.56. The predicted octanol–water partition coefficient (Wildman–Crippen LogP) is 1.36. The van der Waals surface area contributed by atoms with Gasteiger partial charge in [0, 0.05) is 12.2 Å². The molecule has 124 valence electrons. The van der Waals surface area contributed by atoms with Crippen molar-refractivity contribution in [1.82, 2.24) is 10.2 Å². The van der Waals surface area contributed by atoms with Gasteiger partial charge in [0.15, 0.2) is 0 Å². The number of carbonyl (C=O) groups is 3. The van der Waals surface area contributed by atoms with Gasteiger partial charge in [0.2, 0.25) is 5.91 Å². The summed E-state index contributed by atoms with van der Waals surface area (Å²) in [6.45, 7) is 2.05. The first-order valence-corrected chi connectivity index (χ1v) is 7.54. The molecule has 1 aromatic rings. The Hall–Kier alpha value is -2.57. The molecular weight excluding hydrogens is 298 g/mol. The Bertz CT molecular complexity index is 576. The summed E-state index contributed by atoms with van der Waals surface area (Å²) in [4.78, 5) is 37.5. The molecule has 0 unspecified atom stereocenters. The van der Waals surface area contributed by atoms with Crippen molar-refractivity contribution >= 4 is 23.6 Å². The van der Waals surface area contributed by atoms with Gasteiger partial charge in [0.05, 0.1) is 7.11 Å². The molecule has 1 aliphatic heterocycles. The van der Waals surface area contributed by atoms with E-state index in [1.165, 1.54) is 12.0 Å². The number of ether oxygens (including phenoxy) is 1. The van der Waals surface area contributed by atoms with E-state index < -0.39 is 18.1 Å². The molecule has 0 radical (unpaired) electrons. The summed E-state index contributed by atoms with van der Waals surface area (Å²) in [6, 6.07) is 7.42. The molecule has 0 spiro atoms. The normalized spacial score (nSPS) is 18.2. The number of hydrogen-bond acceptors (Lipinski definition) is 4. The van der Waals surface area contributed by atoms with Crippen LogP contribution in [-0.4, -0.2) is 48.5 Å². The summed E-state index contributed by atoms with van der Waals surface area (Å²) in [5.41, 5.74) is 0.673. The van der Waals surface area contributed by atoms with Crippen molar-refractivity contribution in [3.05, 3.63) is 30.3 Å². The number of hydrogen-bond donors (Lipinski definition) is 2. The Labute approximate surface area is 135 Å². The zero-order valence-electron chi connectivity index (χ0n) is 13.2. The average Bonchev–Trinajstić information content (AvgIpc) is 3.04. The van der Waals surface area contributed by atoms with Gasteiger partial charge in [-0.25, -0.2) is 9.59 Å². The van der Waals surface area contributed by atoms with Crippen molar-refractivity contribution in [2.75, 3.05) is 19.0 Å². The molecule has 2 atom stereocenters. The van der Waals surface area contributed by atoms with Gasteiger partial charge in [-0.1, -0.05) is 18.2 Å². The minimum atomic E-state index is -0.743.